The molecule has 1 aromatic heterocycles. The summed E-state index contributed by atoms with van der Waals surface area (Å²) < 4.78 is 9.72. The second-order valence-corrected chi connectivity index (χ2v) is 6.27. The SMILES string of the molecule is COC(=O)c1ccc(CN2C(=O)OC[C@H]2C(=O)NCCc2ccccn2)cc1. The molecule has 1 aliphatic rings. The number of hydrogen-bond acceptors (Lipinski definition) is 6. The fourth-order valence-electron chi connectivity index (χ4n) is 2.88. The zero-order chi connectivity index (χ0) is 19.9. The summed E-state index contributed by atoms with van der Waals surface area (Å²) in [5.41, 5.74) is 2.07. The Bertz CT molecular complexity index is 839. The van der Waals surface area contributed by atoms with Crippen LogP contribution in [0.25, 0.3) is 0 Å². The van der Waals surface area contributed by atoms with Crippen molar-refractivity contribution in [1.29, 1.82) is 0 Å². The number of carbonyl (C=O) groups excluding carboxylic acids is 3. The van der Waals surface area contributed by atoms with Gasteiger partial charge in [0.05, 0.1) is 19.2 Å². The maximum Gasteiger partial charge on any atom is 0.410 e. The topological polar surface area (TPSA) is 97.8 Å². The van der Waals surface area contributed by atoms with Gasteiger partial charge < -0.3 is 14.8 Å². The van der Waals surface area contributed by atoms with Crippen molar-refractivity contribution < 1.29 is 23.9 Å². The summed E-state index contributed by atoms with van der Waals surface area (Å²) in [6.07, 6.45) is 1.76. The number of rotatable bonds is 7. The lowest BCUT2D eigenvalue weighted by Gasteiger charge is -2.21. The first-order chi connectivity index (χ1) is 13.6. The summed E-state index contributed by atoms with van der Waals surface area (Å²) in [6.45, 7) is 0.634. The maximum absolute atomic E-state index is 12.5. The fourth-order valence-corrected chi connectivity index (χ4v) is 2.88. The highest BCUT2D eigenvalue weighted by Crippen LogP contribution is 2.17. The highest BCUT2D eigenvalue weighted by molar-refractivity contribution is 5.89. The predicted octanol–water partition coefficient (Wildman–Crippen LogP) is 1.55. The highest BCUT2D eigenvalue weighted by Gasteiger charge is 2.37. The number of carbonyl (C=O) groups is 3. The third-order valence-corrected chi connectivity index (χ3v) is 4.41. The van der Waals surface area contributed by atoms with Crippen molar-refractivity contribution in [3.05, 3.63) is 65.5 Å². The van der Waals surface area contributed by atoms with Gasteiger partial charge in [0.25, 0.3) is 0 Å². The van der Waals surface area contributed by atoms with Crippen molar-refractivity contribution in [3.63, 3.8) is 0 Å². The highest BCUT2D eigenvalue weighted by atomic mass is 16.6. The summed E-state index contributed by atoms with van der Waals surface area (Å²) in [5, 5.41) is 2.83. The van der Waals surface area contributed by atoms with Crippen LogP contribution in [0, 0.1) is 0 Å². The molecule has 1 saturated heterocycles. The van der Waals surface area contributed by atoms with Gasteiger partial charge in [-0.2, -0.15) is 0 Å². The van der Waals surface area contributed by atoms with Crippen molar-refractivity contribution in [2.24, 2.45) is 0 Å². The van der Waals surface area contributed by atoms with E-state index in [1.807, 2.05) is 18.2 Å². The second-order valence-electron chi connectivity index (χ2n) is 6.27. The molecular weight excluding hydrogens is 362 g/mol. The number of aromatic nitrogens is 1. The smallest absolute Gasteiger partial charge is 0.410 e. The first-order valence-electron chi connectivity index (χ1n) is 8.87. The molecule has 1 fully saturated rings. The number of nitrogens with zero attached hydrogens (tertiary/aromatic N) is 2. The fraction of sp³-hybridized carbons (Fsp3) is 0.300. The quantitative estimate of drug-likeness (QED) is 0.729. The van der Waals surface area contributed by atoms with Crippen molar-refractivity contribution in [2.75, 3.05) is 20.3 Å². The van der Waals surface area contributed by atoms with E-state index in [2.05, 4.69) is 15.0 Å². The zero-order valence-corrected chi connectivity index (χ0v) is 15.5. The number of cyclic esters (lactones) is 1. The molecule has 2 amide bonds. The minimum Gasteiger partial charge on any atom is -0.465 e. The first-order valence-corrected chi connectivity index (χ1v) is 8.87. The lowest BCUT2D eigenvalue weighted by Crippen LogP contribution is -2.45. The van der Waals surface area contributed by atoms with Crippen molar-refractivity contribution >= 4 is 18.0 Å². The van der Waals surface area contributed by atoms with Gasteiger partial charge in [0.2, 0.25) is 5.91 Å². The average molecular weight is 383 g/mol. The number of esters is 1. The van der Waals surface area contributed by atoms with Gasteiger partial charge in [-0.25, -0.2) is 9.59 Å². The average Bonchev–Trinajstić information content (AvgIpc) is 3.09. The summed E-state index contributed by atoms with van der Waals surface area (Å²) in [4.78, 5) is 41.6. The minimum atomic E-state index is -0.698. The Hall–Kier alpha value is -3.42. The minimum absolute atomic E-state index is 0.00843. The van der Waals surface area contributed by atoms with Crippen LogP contribution in [0.1, 0.15) is 21.6 Å². The van der Waals surface area contributed by atoms with E-state index in [0.29, 0.717) is 18.5 Å². The van der Waals surface area contributed by atoms with Crippen molar-refractivity contribution in [3.8, 4) is 0 Å². The van der Waals surface area contributed by atoms with E-state index in [-0.39, 0.29) is 19.1 Å². The molecular formula is C20H21N3O5. The molecule has 0 saturated carbocycles. The van der Waals surface area contributed by atoms with Crippen LogP contribution in [0.2, 0.25) is 0 Å². The predicted molar refractivity (Wildman–Crippen MR) is 99.4 cm³/mol. The molecule has 0 unspecified atom stereocenters. The van der Waals surface area contributed by atoms with Crippen LogP contribution in [0.5, 0.6) is 0 Å². The third-order valence-electron chi connectivity index (χ3n) is 4.41. The van der Waals surface area contributed by atoms with Gasteiger partial charge in [-0.3, -0.25) is 14.7 Å². The molecule has 0 spiro atoms. The number of methoxy groups -OCH3 is 1. The van der Waals surface area contributed by atoms with Gasteiger partial charge in [0.15, 0.2) is 0 Å². The molecule has 8 heteroatoms. The third kappa shape index (κ3) is 4.64. The zero-order valence-electron chi connectivity index (χ0n) is 15.5. The van der Waals surface area contributed by atoms with E-state index in [1.165, 1.54) is 12.0 Å². The maximum atomic E-state index is 12.5. The molecule has 1 aliphatic heterocycles. The lowest BCUT2D eigenvalue weighted by molar-refractivity contribution is -0.124. The lowest BCUT2D eigenvalue weighted by atomic mass is 10.1. The Morgan fingerprint density at radius 3 is 2.71 bits per heavy atom. The molecule has 0 radical (unpaired) electrons. The van der Waals surface area contributed by atoms with Crippen LogP contribution < -0.4 is 5.32 Å². The molecule has 2 heterocycles. The second kappa shape index (κ2) is 8.98. The number of hydrogen-bond donors (Lipinski definition) is 1. The van der Waals surface area contributed by atoms with E-state index in [1.54, 1.807) is 30.5 Å². The number of amides is 2. The molecule has 0 aliphatic carbocycles. The molecule has 0 bridgehead atoms. The van der Waals surface area contributed by atoms with E-state index >= 15 is 0 Å². The number of nitrogens with one attached hydrogen (secondary N) is 1. The summed E-state index contributed by atoms with van der Waals surface area (Å²) in [5.74, 6) is -0.703. The van der Waals surface area contributed by atoms with Crippen LogP contribution >= 0.6 is 0 Å². The van der Waals surface area contributed by atoms with E-state index < -0.39 is 18.1 Å². The van der Waals surface area contributed by atoms with Crippen molar-refractivity contribution in [2.45, 2.75) is 19.0 Å². The van der Waals surface area contributed by atoms with Gasteiger partial charge >= 0.3 is 12.1 Å². The van der Waals surface area contributed by atoms with Crippen molar-refractivity contribution in [1.82, 2.24) is 15.2 Å². The summed E-state index contributed by atoms with van der Waals surface area (Å²) >= 11 is 0. The molecule has 1 aromatic carbocycles. The molecule has 146 valence electrons. The van der Waals surface area contributed by atoms with Gasteiger partial charge in [0, 0.05) is 24.9 Å². The molecule has 1 N–H and O–H groups in total. The van der Waals surface area contributed by atoms with Crippen LogP contribution in [0.15, 0.2) is 48.7 Å². The van der Waals surface area contributed by atoms with Gasteiger partial charge in [-0.05, 0) is 29.8 Å². The van der Waals surface area contributed by atoms with Gasteiger partial charge in [0.1, 0.15) is 12.6 Å². The molecule has 1 atom stereocenters. The van der Waals surface area contributed by atoms with E-state index in [9.17, 15) is 14.4 Å². The number of pyridine rings is 1. The Kier molecular flexibility index (Phi) is 6.21. The Morgan fingerprint density at radius 2 is 2.04 bits per heavy atom. The molecule has 8 nitrogen and oxygen atoms in total. The molecule has 2 aromatic rings. The van der Waals surface area contributed by atoms with E-state index in [4.69, 9.17) is 4.74 Å². The van der Waals surface area contributed by atoms with Crippen LogP contribution in [-0.4, -0.2) is 54.2 Å². The Labute approximate surface area is 162 Å². The first kappa shape index (κ1) is 19.3. The molecule has 28 heavy (non-hydrogen) atoms. The Balaban J connectivity index is 1.57. The summed E-state index contributed by atoms with van der Waals surface area (Å²) in [7, 11) is 1.31. The number of ether oxygens (including phenoxy) is 2. The monoisotopic (exact) mass is 383 g/mol. The van der Waals surface area contributed by atoms with Crippen LogP contribution in [0.3, 0.4) is 0 Å². The van der Waals surface area contributed by atoms with Crippen LogP contribution in [-0.2, 0) is 27.2 Å². The van der Waals surface area contributed by atoms with Gasteiger partial charge in [-0.1, -0.05) is 18.2 Å². The van der Waals surface area contributed by atoms with Gasteiger partial charge in [-0.15, -0.1) is 0 Å². The van der Waals surface area contributed by atoms with E-state index in [0.717, 1.165) is 11.3 Å². The normalized spacial score (nSPS) is 15.8. The summed E-state index contributed by atoms with van der Waals surface area (Å²) in [6, 6.07) is 11.6. The largest absolute Gasteiger partial charge is 0.465 e. The standard InChI is InChI=1S/C20H21N3O5/c1-27-19(25)15-7-5-14(6-8-15)12-23-17(13-28-20(23)26)18(24)22-11-9-16-4-2-3-10-21-16/h2-8,10,17H,9,11-13H2,1H3,(H,22,24)/t17-/m0/s1. The number of benzene rings is 1. The van der Waals surface area contributed by atoms with Crippen LogP contribution in [0.4, 0.5) is 4.79 Å². The molecule has 3 rings (SSSR count). The Morgan fingerprint density at radius 1 is 1.25 bits per heavy atom.